The van der Waals surface area contributed by atoms with Gasteiger partial charge in [-0.25, -0.2) is 8.42 Å². The molecule has 0 unspecified atom stereocenters. The number of hydrogen-bond donors (Lipinski definition) is 2. The smallest absolute Gasteiger partial charge is 0.387 e. The summed E-state index contributed by atoms with van der Waals surface area (Å²) in [6, 6.07) is 12.6. The van der Waals surface area contributed by atoms with Gasteiger partial charge < -0.3 is 10.1 Å². The van der Waals surface area contributed by atoms with Gasteiger partial charge in [0.25, 0.3) is 15.9 Å². The molecule has 0 bridgehead atoms. The number of amides is 1. The van der Waals surface area contributed by atoms with E-state index in [-0.39, 0.29) is 21.2 Å². The van der Waals surface area contributed by atoms with Gasteiger partial charge in [-0.05, 0) is 60.7 Å². The molecule has 0 saturated heterocycles. The lowest BCUT2D eigenvalue weighted by atomic mass is 10.2. The quantitative estimate of drug-likeness (QED) is 0.527. The van der Waals surface area contributed by atoms with E-state index in [9.17, 15) is 22.0 Å². The third-order valence-electron chi connectivity index (χ3n) is 4.06. The topological polar surface area (TPSA) is 84.5 Å². The van der Waals surface area contributed by atoms with Crippen LogP contribution in [0.4, 0.5) is 20.2 Å². The number of sulfonamides is 1. The first-order valence-electron chi connectivity index (χ1n) is 8.69. The molecule has 0 fully saturated rings. The molecule has 30 heavy (non-hydrogen) atoms. The zero-order valence-electron chi connectivity index (χ0n) is 16.0. The molecule has 3 rings (SSSR count). The lowest BCUT2D eigenvalue weighted by molar-refractivity contribution is -0.0498. The molecule has 0 atom stereocenters. The Kier molecular flexibility index (Phi) is 6.37. The van der Waals surface area contributed by atoms with Crippen LogP contribution in [0.3, 0.4) is 0 Å². The minimum absolute atomic E-state index is 0.0166. The second-order valence-electron chi connectivity index (χ2n) is 6.40. The molecule has 0 spiro atoms. The van der Waals surface area contributed by atoms with Crippen molar-refractivity contribution in [1.82, 2.24) is 0 Å². The third kappa shape index (κ3) is 5.14. The van der Waals surface area contributed by atoms with Gasteiger partial charge in [0.2, 0.25) is 0 Å². The van der Waals surface area contributed by atoms with Crippen LogP contribution in [0.15, 0.2) is 58.8 Å². The summed E-state index contributed by atoms with van der Waals surface area (Å²) in [7, 11) is -3.92. The average molecular weight is 453 g/mol. The lowest BCUT2D eigenvalue weighted by Gasteiger charge is -2.13. The molecule has 2 N–H and O–H groups in total. The SMILES string of the molecule is Cc1cccc(NS(=O)(=O)c2cc(NC(=O)c3sccc3OC(F)F)ccc2C)c1. The standard InChI is InChI=1S/C20H18F2N2O4S2/c1-12-4-3-5-15(10-12)24-30(26,27)17-11-14(7-6-13(17)2)23-19(25)18-16(8-9-29-18)28-20(21)22/h3-11,20,24H,1-2H3,(H,23,25). The van der Waals surface area contributed by atoms with E-state index < -0.39 is 22.5 Å². The van der Waals surface area contributed by atoms with Crippen molar-refractivity contribution >= 4 is 38.6 Å². The molecule has 0 aliphatic rings. The highest BCUT2D eigenvalue weighted by Crippen LogP contribution is 2.28. The molecule has 10 heteroatoms. The molecule has 1 amide bonds. The summed E-state index contributed by atoms with van der Waals surface area (Å²) in [6.07, 6.45) is 0. The van der Waals surface area contributed by atoms with E-state index in [4.69, 9.17) is 0 Å². The molecule has 6 nitrogen and oxygen atoms in total. The van der Waals surface area contributed by atoms with Crippen LogP contribution in [0.1, 0.15) is 20.8 Å². The van der Waals surface area contributed by atoms with Crippen molar-refractivity contribution in [3.63, 3.8) is 0 Å². The average Bonchev–Trinajstić information content (AvgIpc) is 3.10. The minimum Gasteiger partial charge on any atom is -0.433 e. The Bertz CT molecular complexity index is 1180. The Labute approximate surface area is 176 Å². The maximum Gasteiger partial charge on any atom is 0.387 e. The highest BCUT2D eigenvalue weighted by molar-refractivity contribution is 7.92. The second-order valence-corrected chi connectivity index (χ2v) is 8.97. The molecular formula is C20H18F2N2O4S2. The Morgan fingerprint density at radius 2 is 1.83 bits per heavy atom. The monoisotopic (exact) mass is 452 g/mol. The summed E-state index contributed by atoms with van der Waals surface area (Å²) < 4.78 is 57.5. The first-order valence-corrected chi connectivity index (χ1v) is 11.1. The molecule has 1 aromatic heterocycles. The summed E-state index contributed by atoms with van der Waals surface area (Å²) in [6.45, 7) is 0.412. The number of hydrogen-bond acceptors (Lipinski definition) is 5. The van der Waals surface area contributed by atoms with Crippen LogP contribution in [-0.4, -0.2) is 20.9 Å². The predicted octanol–water partition coefficient (Wildman–Crippen LogP) is 5.02. The van der Waals surface area contributed by atoms with Gasteiger partial charge in [0.1, 0.15) is 10.6 Å². The molecule has 0 saturated carbocycles. The number of rotatable bonds is 7. The molecular weight excluding hydrogens is 434 g/mol. The summed E-state index contributed by atoms with van der Waals surface area (Å²) in [5.74, 6) is -0.923. The van der Waals surface area contributed by atoms with E-state index in [1.54, 1.807) is 31.2 Å². The van der Waals surface area contributed by atoms with E-state index in [1.165, 1.54) is 23.6 Å². The number of alkyl halides is 2. The van der Waals surface area contributed by atoms with Gasteiger partial charge in [-0.3, -0.25) is 9.52 Å². The third-order valence-corrected chi connectivity index (χ3v) is 6.47. The van der Waals surface area contributed by atoms with Crippen molar-refractivity contribution in [2.45, 2.75) is 25.4 Å². The normalized spacial score (nSPS) is 11.4. The van der Waals surface area contributed by atoms with Gasteiger partial charge in [-0.15, -0.1) is 11.3 Å². The van der Waals surface area contributed by atoms with Crippen molar-refractivity contribution in [3.8, 4) is 5.75 Å². The van der Waals surface area contributed by atoms with Crippen LogP contribution < -0.4 is 14.8 Å². The molecule has 1 heterocycles. The van der Waals surface area contributed by atoms with Gasteiger partial charge in [0.15, 0.2) is 0 Å². The number of aryl methyl sites for hydroxylation is 2. The van der Waals surface area contributed by atoms with E-state index in [2.05, 4.69) is 14.8 Å². The van der Waals surface area contributed by atoms with Crippen LogP contribution in [0.2, 0.25) is 0 Å². The molecule has 3 aromatic rings. The fourth-order valence-corrected chi connectivity index (χ4v) is 4.77. The van der Waals surface area contributed by atoms with Crippen molar-refractivity contribution in [1.29, 1.82) is 0 Å². The van der Waals surface area contributed by atoms with Crippen molar-refractivity contribution in [2.75, 3.05) is 10.0 Å². The molecule has 0 aliphatic carbocycles. The fourth-order valence-electron chi connectivity index (χ4n) is 2.73. The number of anilines is 2. The van der Waals surface area contributed by atoms with E-state index in [1.807, 2.05) is 13.0 Å². The Morgan fingerprint density at radius 1 is 1.07 bits per heavy atom. The van der Waals surface area contributed by atoms with Gasteiger partial charge in [-0.2, -0.15) is 8.78 Å². The Hall–Kier alpha value is -2.98. The highest BCUT2D eigenvalue weighted by Gasteiger charge is 2.21. The largest absolute Gasteiger partial charge is 0.433 e. The molecule has 2 aromatic carbocycles. The summed E-state index contributed by atoms with van der Waals surface area (Å²) in [4.78, 5) is 12.4. The van der Waals surface area contributed by atoms with Crippen molar-refractivity contribution in [2.24, 2.45) is 0 Å². The first kappa shape index (κ1) is 21.7. The number of carbonyl (C=O) groups excluding carboxylic acids is 1. The number of ether oxygens (including phenoxy) is 1. The number of benzene rings is 2. The van der Waals surface area contributed by atoms with Crippen LogP contribution in [0.5, 0.6) is 5.75 Å². The maximum atomic E-state index is 12.9. The molecule has 158 valence electrons. The fraction of sp³-hybridized carbons (Fsp3) is 0.150. The van der Waals surface area contributed by atoms with Crippen molar-refractivity contribution < 1.29 is 26.7 Å². The predicted molar refractivity (Wildman–Crippen MR) is 112 cm³/mol. The summed E-state index contributed by atoms with van der Waals surface area (Å²) in [5.41, 5.74) is 1.99. The summed E-state index contributed by atoms with van der Waals surface area (Å²) >= 11 is 0.934. The Balaban J connectivity index is 1.85. The molecule has 0 radical (unpaired) electrons. The van der Waals surface area contributed by atoms with Gasteiger partial charge >= 0.3 is 6.61 Å². The van der Waals surface area contributed by atoms with Crippen molar-refractivity contribution in [3.05, 3.63) is 69.9 Å². The van der Waals surface area contributed by atoms with Crippen LogP contribution in [-0.2, 0) is 10.0 Å². The van der Waals surface area contributed by atoms with Crippen LogP contribution in [0.25, 0.3) is 0 Å². The minimum atomic E-state index is -3.92. The number of nitrogens with one attached hydrogen (secondary N) is 2. The second kappa shape index (κ2) is 8.80. The van der Waals surface area contributed by atoms with E-state index in [0.717, 1.165) is 16.9 Å². The molecule has 0 aliphatic heterocycles. The van der Waals surface area contributed by atoms with Crippen LogP contribution in [0, 0.1) is 13.8 Å². The summed E-state index contributed by atoms with van der Waals surface area (Å²) in [5, 5.41) is 3.97. The number of thiophene rings is 1. The van der Waals surface area contributed by atoms with Crippen LogP contribution >= 0.6 is 11.3 Å². The van der Waals surface area contributed by atoms with E-state index >= 15 is 0 Å². The lowest BCUT2D eigenvalue weighted by Crippen LogP contribution is -2.16. The van der Waals surface area contributed by atoms with Gasteiger partial charge in [-0.1, -0.05) is 18.2 Å². The highest BCUT2D eigenvalue weighted by atomic mass is 32.2. The number of carbonyl (C=O) groups is 1. The van der Waals surface area contributed by atoms with E-state index in [0.29, 0.717) is 11.3 Å². The number of halogens is 2. The zero-order valence-corrected chi connectivity index (χ0v) is 17.6. The maximum absolute atomic E-state index is 12.9. The Morgan fingerprint density at radius 3 is 2.53 bits per heavy atom. The van der Waals surface area contributed by atoms with Gasteiger partial charge in [0, 0.05) is 11.4 Å². The zero-order chi connectivity index (χ0) is 21.9. The van der Waals surface area contributed by atoms with Gasteiger partial charge in [0.05, 0.1) is 4.90 Å². The first-order chi connectivity index (χ1) is 14.2.